The van der Waals surface area contributed by atoms with Gasteiger partial charge in [-0.2, -0.15) is 0 Å². The number of Topliss-reactive ketones (excluding diaryl/α,β-unsaturated/α-hetero) is 1. The van der Waals surface area contributed by atoms with E-state index in [1.54, 1.807) is 11.1 Å². The molecule has 0 radical (unpaired) electrons. The fraction of sp³-hybridized carbons (Fsp3) is 0.750. The second kappa shape index (κ2) is 4.08. The van der Waals surface area contributed by atoms with Crippen LogP contribution >= 0.6 is 0 Å². The third-order valence-electron chi connectivity index (χ3n) is 3.35. The first kappa shape index (κ1) is 8.98. The van der Waals surface area contributed by atoms with Crippen LogP contribution in [-0.4, -0.2) is 5.78 Å². The Morgan fingerprint density at radius 2 is 1.23 bits per heavy atom. The standard InChI is InChI=1S/C12H18O/c13-12-7-3-6-10-4-1-2-5-11(10)8-9-12/h1-9H2. The highest BCUT2D eigenvalue weighted by Gasteiger charge is 2.16. The van der Waals surface area contributed by atoms with Crippen LogP contribution in [0.2, 0.25) is 0 Å². The van der Waals surface area contributed by atoms with E-state index in [4.69, 9.17) is 0 Å². The van der Waals surface area contributed by atoms with E-state index in [9.17, 15) is 4.79 Å². The van der Waals surface area contributed by atoms with Crippen molar-refractivity contribution in [2.24, 2.45) is 0 Å². The van der Waals surface area contributed by atoms with E-state index >= 15 is 0 Å². The zero-order valence-electron chi connectivity index (χ0n) is 8.27. The summed E-state index contributed by atoms with van der Waals surface area (Å²) in [4.78, 5) is 11.3. The number of hydrogen-bond acceptors (Lipinski definition) is 1. The van der Waals surface area contributed by atoms with Crippen LogP contribution < -0.4 is 0 Å². The van der Waals surface area contributed by atoms with Crippen molar-refractivity contribution in [2.75, 3.05) is 0 Å². The summed E-state index contributed by atoms with van der Waals surface area (Å²) in [6.45, 7) is 0. The van der Waals surface area contributed by atoms with Crippen molar-refractivity contribution in [2.45, 2.75) is 57.8 Å². The molecule has 0 saturated carbocycles. The Bertz CT molecular complexity index is 238. The lowest BCUT2D eigenvalue weighted by Crippen LogP contribution is -2.08. The summed E-state index contributed by atoms with van der Waals surface area (Å²) >= 11 is 0. The van der Waals surface area contributed by atoms with Gasteiger partial charge in [0, 0.05) is 12.8 Å². The van der Waals surface area contributed by atoms with Crippen LogP contribution in [0.5, 0.6) is 0 Å². The summed E-state index contributed by atoms with van der Waals surface area (Å²) in [5.74, 6) is 0.483. The molecule has 0 saturated heterocycles. The first-order valence-electron chi connectivity index (χ1n) is 5.58. The van der Waals surface area contributed by atoms with Gasteiger partial charge in [0.2, 0.25) is 0 Å². The van der Waals surface area contributed by atoms with Crippen molar-refractivity contribution in [1.82, 2.24) is 0 Å². The molecular weight excluding hydrogens is 160 g/mol. The highest BCUT2D eigenvalue weighted by molar-refractivity contribution is 5.78. The first-order chi connectivity index (χ1) is 6.36. The average Bonchev–Trinajstić information content (AvgIpc) is 2.13. The van der Waals surface area contributed by atoms with Gasteiger partial charge in [-0.1, -0.05) is 11.1 Å². The molecule has 0 amide bonds. The second-order valence-electron chi connectivity index (χ2n) is 4.31. The minimum atomic E-state index is 0.483. The lowest BCUT2D eigenvalue weighted by Gasteiger charge is -2.22. The Morgan fingerprint density at radius 3 is 2.00 bits per heavy atom. The van der Waals surface area contributed by atoms with Gasteiger partial charge in [0.1, 0.15) is 5.78 Å². The summed E-state index contributed by atoms with van der Waals surface area (Å²) in [6.07, 6.45) is 10.4. The Balaban J connectivity index is 2.09. The molecule has 2 aliphatic carbocycles. The molecule has 72 valence electrons. The van der Waals surface area contributed by atoms with Gasteiger partial charge in [0.05, 0.1) is 0 Å². The van der Waals surface area contributed by atoms with Gasteiger partial charge in [0.15, 0.2) is 0 Å². The molecule has 0 aromatic rings. The molecule has 2 aliphatic rings. The van der Waals surface area contributed by atoms with Gasteiger partial charge < -0.3 is 0 Å². The van der Waals surface area contributed by atoms with E-state index in [0.29, 0.717) is 5.78 Å². The number of carbonyl (C=O) groups excluding carboxylic acids is 1. The molecule has 13 heavy (non-hydrogen) atoms. The molecule has 0 N–H and O–H groups in total. The minimum absolute atomic E-state index is 0.483. The molecule has 0 aromatic heterocycles. The molecule has 1 heteroatoms. The fourth-order valence-electron chi connectivity index (χ4n) is 2.55. The highest BCUT2D eigenvalue weighted by Crippen LogP contribution is 2.32. The summed E-state index contributed by atoms with van der Waals surface area (Å²) in [5.41, 5.74) is 3.35. The highest BCUT2D eigenvalue weighted by atomic mass is 16.1. The maximum Gasteiger partial charge on any atom is 0.133 e. The van der Waals surface area contributed by atoms with Gasteiger partial charge in [-0.05, 0) is 44.9 Å². The summed E-state index contributed by atoms with van der Waals surface area (Å²) in [7, 11) is 0. The topological polar surface area (TPSA) is 17.1 Å². The molecule has 0 aliphatic heterocycles. The number of hydrogen-bond donors (Lipinski definition) is 0. The Kier molecular flexibility index (Phi) is 2.82. The minimum Gasteiger partial charge on any atom is -0.300 e. The number of allylic oxidation sites excluding steroid dienone is 2. The molecule has 0 fully saturated rings. The van der Waals surface area contributed by atoms with Crippen molar-refractivity contribution in [3.05, 3.63) is 11.1 Å². The number of ketones is 1. The molecule has 1 nitrogen and oxygen atoms in total. The molecular formula is C12H18O. The monoisotopic (exact) mass is 178 g/mol. The van der Waals surface area contributed by atoms with Crippen molar-refractivity contribution in [1.29, 1.82) is 0 Å². The van der Waals surface area contributed by atoms with E-state index in [2.05, 4.69) is 0 Å². The summed E-state index contributed by atoms with van der Waals surface area (Å²) in [5, 5.41) is 0. The third kappa shape index (κ3) is 2.20. The Morgan fingerprint density at radius 1 is 0.615 bits per heavy atom. The van der Waals surface area contributed by atoms with Crippen LogP contribution in [0.3, 0.4) is 0 Å². The summed E-state index contributed by atoms with van der Waals surface area (Å²) in [6, 6.07) is 0. The van der Waals surface area contributed by atoms with E-state index in [0.717, 1.165) is 25.7 Å². The Labute approximate surface area is 80.2 Å². The maximum absolute atomic E-state index is 11.3. The van der Waals surface area contributed by atoms with Gasteiger partial charge in [0.25, 0.3) is 0 Å². The van der Waals surface area contributed by atoms with Crippen molar-refractivity contribution in [3.63, 3.8) is 0 Å². The van der Waals surface area contributed by atoms with Gasteiger partial charge in [-0.25, -0.2) is 0 Å². The van der Waals surface area contributed by atoms with Crippen LogP contribution in [-0.2, 0) is 4.79 Å². The predicted molar refractivity (Wildman–Crippen MR) is 53.6 cm³/mol. The average molecular weight is 178 g/mol. The molecule has 0 spiro atoms. The van der Waals surface area contributed by atoms with Gasteiger partial charge in [-0.15, -0.1) is 0 Å². The Hall–Kier alpha value is -0.590. The number of rotatable bonds is 0. The van der Waals surface area contributed by atoms with Gasteiger partial charge in [-0.3, -0.25) is 4.79 Å². The van der Waals surface area contributed by atoms with E-state index in [-0.39, 0.29) is 0 Å². The molecule has 0 unspecified atom stereocenters. The lowest BCUT2D eigenvalue weighted by molar-refractivity contribution is -0.119. The smallest absolute Gasteiger partial charge is 0.133 e. The van der Waals surface area contributed by atoms with Crippen LogP contribution in [0.15, 0.2) is 11.1 Å². The fourth-order valence-corrected chi connectivity index (χ4v) is 2.55. The lowest BCUT2D eigenvalue weighted by atomic mass is 9.84. The normalized spacial score (nSPS) is 25.1. The van der Waals surface area contributed by atoms with Crippen LogP contribution in [0.4, 0.5) is 0 Å². The number of carbonyl (C=O) groups is 1. The third-order valence-corrected chi connectivity index (χ3v) is 3.35. The van der Waals surface area contributed by atoms with E-state index < -0.39 is 0 Å². The largest absolute Gasteiger partial charge is 0.300 e. The quantitative estimate of drug-likeness (QED) is 0.520. The molecule has 0 aromatic carbocycles. The zero-order valence-corrected chi connectivity index (χ0v) is 8.27. The van der Waals surface area contributed by atoms with E-state index in [1.165, 1.54) is 32.1 Å². The van der Waals surface area contributed by atoms with Gasteiger partial charge >= 0.3 is 0 Å². The van der Waals surface area contributed by atoms with E-state index in [1.807, 2.05) is 0 Å². The van der Waals surface area contributed by atoms with Crippen LogP contribution in [0.25, 0.3) is 0 Å². The second-order valence-corrected chi connectivity index (χ2v) is 4.31. The van der Waals surface area contributed by atoms with Crippen molar-refractivity contribution in [3.8, 4) is 0 Å². The molecule has 0 bridgehead atoms. The molecule has 2 rings (SSSR count). The zero-order chi connectivity index (χ0) is 9.10. The van der Waals surface area contributed by atoms with Crippen LogP contribution in [0, 0.1) is 0 Å². The molecule has 0 heterocycles. The van der Waals surface area contributed by atoms with Crippen molar-refractivity contribution < 1.29 is 4.79 Å². The van der Waals surface area contributed by atoms with Crippen molar-refractivity contribution >= 4 is 5.78 Å². The summed E-state index contributed by atoms with van der Waals surface area (Å²) < 4.78 is 0. The molecule has 0 atom stereocenters. The predicted octanol–water partition coefficient (Wildman–Crippen LogP) is 3.39. The maximum atomic E-state index is 11.3. The van der Waals surface area contributed by atoms with Crippen LogP contribution in [0.1, 0.15) is 57.8 Å². The first-order valence-corrected chi connectivity index (χ1v) is 5.58. The SMILES string of the molecule is O=C1CCCC2=C(CCCC2)CC1.